The molecule has 3 rings (SSSR count). The highest BCUT2D eigenvalue weighted by Gasteiger charge is 2.09. The molecule has 122 valence electrons. The van der Waals surface area contributed by atoms with Crippen LogP contribution in [0.5, 0.6) is 5.75 Å². The molecule has 0 atom stereocenters. The molecule has 0 aliphatic carbocycles. The normalized spacial score (nSPS) is 10.4. The molecule has 0 spiro atoms. The number of anilines is 1. The second-order valence-electron chi connectivity index (χ2n) is 5.63. The summed E-state index contributed by atoms with van der Waals surface area (Å²) in [6.45, 7) is 2.51. The van der Waals surface area contributed by atoms with Crippen molar-refractivity contribution in [3.05, 3.63) is 77.5 Å². The summed E-state index contributed by atoms with van der Waals surface area (Å²) in [5.41, 5.74) is 2.82. The second kappa shape index (κ2) is 7.00. The van der Waals surface area contributed by atoms with Gasteiger partial charge in [-0.3, -0.25) is 9.48 Å². The van der Waals surface area contributed by atoms with E-state index in [1.54, 1.807) is 42.2 Å². The second-order valence-corrected chi connectivity index (χ2v) is 5.63. The Labute approximate surface area is 140 Å². The number of hydrogen-bond donors (Lipinski definition) is 1. The molecule has 5 heteroatoms. The van der Waals surface area contributed by atoms with Gasteiger partial charge in [0.05, 0.1) is 0 Å². The third-order valence-corrected chi connectivity index (χ3v) is 3.54. The fourth-order valence-electron chi connectivity index (χ4n) is 2.37. The van der Waals surface area contributed by atoms with E-state index in [2.05, 4.69) is 16.5 Å². The average Bonchev–Trinajstić information content (AvgIpc) is 2.98. The first-order valence-corrected chi connectivity index (χ1v) is 7.69. The van der Waals surface area contributed by atoms with Crippen molar-refractivity contribution in [2.24, 2.45) is 7.05 Å². The molecule has 1 N–H and O–H groups in total. The van der Waals surface area contributed by atoms with Crippen molar-refractivity contribution in [2.45, 2.75) is 13.5 Å². The van der Waals surface area contributed by atoms with Crippen molar-refractivity contribution in [1.82, 2.24) is 9.78 Å². The summed E-state index contributed by atoms with van der Waals surface area (Å²) in [5, 5.41) is 6.90. The van der Waals surface area contributed by atoms with E-state index < -0.39 is 0 Å². The molecule has 5 nitrogen and oxygen atoms in total. The maximum Gasteiger partial charge on any atom is 0.256 e. The van der Waals surface area contributed by atoms with Gasteiger partial charge in [-0.25, -0.2) is 0 Å². The first-order chi connectivity index (χ1) is 11.6. The van der Waals surface area contributed by atoms with Gasteiger partial charge in [-0.05, 0) is 30.7 Å². The highest BCUT2D eigenvalue weighted by molar-refractivity contribution is 6.03. The third kappa shape index (κ3) is 4.01. The van der Waals surface area contributed by atoms with Crippen LogP contribution in [0.1, 0.15) is 21.5 Å². The monoisotopic (exact) mass is 321 g/mol. The Morgan fingerprint density at radius 1 is 1.17 bits per heavy atom. The lowest BCUT2D eigenvalue weighted by Gasteiger charge is -2.08. The van der Waals surface area contributed by atoms with Crippen LogP contribution in [0.25, 0.3) is 0 Å². The lowest BCUT2D eigenvalue weighted by molar-refractivity contribution is 0.102. The van der Waals surface area contributed by atoms with Gasteiger partial charge in [0.25, 0.3) is 5.91 Å². The predicted octanol–water partition coefficient (Wildman–Crippen LogP) is 3.56. The standard InChI is InChI=1S/C19H19N3O2/c1-14-5-3-6-15(11-14)13-24-17-8-4-7-16(12-17)19(23)20-18-9-10-22(2)21-18/h3-12H,13H2,1-2H3,(H,20,21,23). The van der Waals surface area contributed by atoms with Crippen LogP contribution in [0.15, 0.2) is 60.8 Å². The van der Waals surface area contributed by atoms with E-state index in [4.69, 9.17) is 4.74 Å². The number of aryl methyl sites for hydroxylation is 2. The molecule has 0 saturated heterocycles. The van der Waals surface area contributed by atoms with Crippen LogP contribution in [-0.4, -0.2) is 15.7 Å². The lowest BCUT2D eigenvalue weighted by Crippen LogP contribution is -2.12. The summed E-state index contributed by atoms with van der Waals surface area (Å²) < 4.78 is 7.43. The summed E-state index contributed by atoms with van der Waals surface area (Å²) in [4.78, 5) is 12.3. The maximum atomic E-state index is 12.3. The number of ether oxygens (including phenoxy) is 1. The zero-order chi connectivity index (χ0) is 16.9. The first kappa shape index (κ1) is 15.8. The summed E-state index contributed by atoms with van der Waals surface area (Å²) in [5.74, 6) is 0.966. The first-order valence-electron chi connectivity index (χ1n) is 7.69. The fourth-order valence-corrected chi connectivity index (χ4v) is 2.37. The highest BCUT2D eigenvalue weighted by Crippen LogP contribution is 2.17. The van der Waals surface area contributed by atoms with E-state index >= 15 is 0 Å². The summed E-state index contributed by atoms with van der Waals surface area (Å²) >= 11 is 0. The largest absolute Gasteiger partial charge is 0.489 e. The molecule has 0 bridgehead atoms. The molecule has 0 aliphatic rings. The Morgan fingerprint density at radius 3 is 2.75 bits per heavy atom. The Balaban J connectivity index is 1.66. The Kier molecular flexibility index (Phi) is 4.61. The van der Waals surface area contributed by atoms with Gasteiger partial charge in [0.1, 0.15) is 12.4 Å². The molecule has 0 aliphatic heterocycles. The number of aromatic nitrogens is 2. The van der Waals surface area contributed by atoms with Gasteiger partial charge in [-0.1, -0.05) is 35.9 Å². The molecular formula is C19H19N3O2. The smallest absolute Gasteiger partial charge is 0.256 e. The maximum absolute atomic E-state index is 12.3. The minimum atomic E-state index is -0.213. The molecule has 0 unspecified atom stereocenters. The molecule has 1 heterocycles. The van der Waals surface area contributed by atoms with Gasteiger partial charge in [-0.15, -0.1) is 0 Å². The number of nitrogens with zero attached hydrogens (tertiary/aromatic N) is 2. The number of hydrogen-bond acceptors (Lipinski definition) is 3. The topological polar surface area (TPSA) is 56.1 Å². The van der Waals surface area contributed by atoms with Crippen molar-refractivity contribution < 1.29 is 9.53 Å². The molecule has 2 aromatic carbocycles. The van der Waals surface area contributed by atoms with E-state index in [0.717, 1.165) is 5.56 Å². The van der Waals surface area contributed by atoms with Crippen LogP contribution >= 0.6 is 0 Å². The Bertz CT molecular complexity index is 855. The van der Waals surface area contributed by atoms with Gasteiger partial charge in [-0.2, -0.15) is 5.10 Å². The fraction of sp³-hybridized carbons (Fsp3) is 0.158. The molecule has 3 aromatic rings. The molecule has 0 saturated carbocycles. The van der Waals surface area contributed by atoms with E-state index in [9.17, 15) is 4.79 Å². The van der Waals surface area contributed by atoms with Crippen LogP contribution in [0.3, 0.4) is 0 Å². The average molecular weight is 321 g/mol. The molecule has 24 heavy (non-hydrogen) atoms. The number of carbonyl (C=O) groups excluding carboxylic acids is 1. The molecule has 0 radical (unpaired) electrons. The quantitative estimate of drug-likeness (QED) is 0.782. The predicted molar refractivity (Wildman–Crippen MR) is 93.1 cm³/mol. The van der Waals surface area contributed by atoms with Crippen molar-refractivity contribution >= 4 is 11.7 Å². The molecule has 1 amide bonds. The van der Waals surface area contributed by atoms with E-state index in [1.165, 1.54) is 5.56 Å². The van der Waals surface area contributed by atoms with E-state index in [1.807, 2.05) is 31.2 Å². The van der Waals surface area contributed by atoms with Gasteiger partial charge in [0.15, 0.2) is 5.82 Å². The summed E-state index contributed by atoms with van der Waals surface area (Å²) in [6, 6.07) is 17.0. The molecule has 0 fully saturated rings. The van der Waals surface area contributed by atoms with Crippen LogP contribution in [-0.2, 0) is 13.7 Å². The van der Waals surface area contributed by atoms with Crippen LogP contribution in [0.4, 0.5) is 5.82 Å². The van der Waals surface area contributed by atoms with Gasteiger partial charge in [0.2, 0.25) is 0 Å². The third-order valence-electron chi connectivity index (χ3n) is 3.54. The minimum Gasteiger partial charge on any atom is -0.489 e. The number of benzene rings is 2. The summed E-state index contributed by atoms with van der Waals surface area (Å²) in [6.07, 6.45) is 1.77. The van der Waals surface area contributed by atoms with Crippen LogP contribution in [0.2, 0.25) is 0 Å². The van der Waals surface area contributed by atoms with Crippen molar-refractivity contribution in [2.75, 3.05) is 5.32 Å². The lowest BCUT2D eigenvalue weighted by atomic mass is 10.1. The van der Waals surface area contributed by atoms with Crippen molar-refractivity contribution in [3.63, 3.8) is 0 Å². The van der Waals surface area contributed by atoms with E-state index in [0.29, 0.717) is 23.7 Å². The highest BCUT2D eigenvalue weighted by atomic mass is 16.5. The number of carbonyl (C=O) groups is 1. The van der Waals surface area contributed by atoms with Crippen LogP contribution < -0.4 is 10.1 Å². The molecule has 1 aromatic heterocycles. The number of nitrogens with one attached hydrogen (secondary N) is 1. The Morgan fingerprint density at radius 2 is 2.00 bits per heavy atom. The van der Waals surface area contributed by atoms with Crippen molar-refractivity contribution in [3.8, 4) is 5.75 Å². The Hall–Kier alpha value is -3.08. The summed E-state index contributed by atoms with van der Waals surface area (Å²) in [7, 11) is 1.80. The van der Waals surface area contributed by atoms with Gasteiger partial charge >= 0.3 is 0 Å². The van der Waals surface area contributed by atoms with Crippen LogP contribution in [0, 0.1) is 6.92 Å². The van der Waals surface area contributed by atoms with Gasteiger partial charge < -0.3 is 10.1 Å². The number of amides is 1. The SMILES string of the molecule is Cc1cccc(COc2cccc(C(=O)Nc3ccn(C)n3)c2)c1. The van der Waals surface area contributed by atoms with Crippen molar-refractivity contribution in [1.29, 1.82) is 0 Å². The molecular weight excluding hydrogens is 302 g/mol. The van der Waals surface area contributed by atoms with Gasteiger partial charge in [0, 0.05) is 24.9 Å². The van der Waals surface area contributed by atoms with E-state index in [-0.39, 0.29) is 5.91 Å². The minimum absolute atomic E-state index is 0.213. The number of rotatable bonds is 5. The zero-order valence-corrected chi connectivity index (χ0v) is 13.7. The zero-order valence-electron chi connectivity index (χ0n) is 13.7.